The molecule has 1 rings (SSSR count). The second kappa shape index (κ2) is 7.47. The zero-order chi connectivity index (χ0) is 16.8. The molecule has 1 aromatic rings. The van der Waals surface area contributed by atoms with Crippen molar-refractivity contribution in [3.05, 3.63) is 35.6 Å². The number of benzene rings is 1. The molecule has 0 saturated heterocycles. The van der Waals surface area contributed by atoms with Crippen molar-refractivity contribution < 1.29 is 17.6 Å². The van der Waals surface area contributed by atoms with E-state index in [1.165, 1.54) is 19.2 Å². The van der Waals surface area contributed by atoms with Gasteiger partial charge in [0, 0.05) is 25.6 Å². The van der Waals surface area contributed by atoms with Gasteiger partial charge in [0.1, 0.15) is 5.82 Å². The second-order valence-electron chi connectivity index (χ2n) is 5.61. The number of hydrogen-bond donors (Lipinski definition) is 2. The van der Waals surface area contributed by atoms with Crippen LogP contribution in [0.3, 0.4) is 0 Å². The molecule has 0 aliphatic heterocycles. The fraction of sp³-hybridized carbons (Fsp3) is 0.533. The van der Waals surface area contributed by atoms with Crippen LogP contribution in [0.5, 0.6) is 0 Å². The first-order valence-corrected chi connectivity index (χ1v) is 6.91. The topological polar surface area (TPSA) is 36.4 Å². The van der Waals surface area contributed by atoms with Crippen LogP contribution in [0.2, 0.25) is 0 Å². The number of alkyl halides is 3. The molecule has 0 radical (unpaired) electrons. The predicted molar refractivity (Wildman–Crippen MR) is 79.5 cm³/mol. The largest absolute Gasteiger partial charge is 0.390 e. The molecule has 0 spiro atoms. The highest BCUT2D eigenvalue weighted by atomic mass is 19.4. The number of aliphatic imine (C=N–C) groups is 1. The van der Waals surface area contributed by atoms with Crippen molar-refractivity contribution in [3.8, 4) is 0 Å². The number of nitrogens with one attached hydrogen (secondary N) is 2. The maximum atomic E-state index is 13.3. The standard InChI is InChI=1S/C15H21F4N3/c1-14(2,11-5-4-6-12(16)9-11)10-22-13(20-3)21-8-7-15(17,18)19/h4-6,9H,7-8,10H2,1-3H3,(H2,20,21,22). The molecule has 0 amide bonds. The summed E-state index contributed by atoms with van der Waals surface area (Å²) in [7, 11) is 1.48. The van der Waals surface area contributed by atoms with Crippen molar-refractivity contribution in [1.82, 2.24) is 10.6 Å². The Bertz CT molecular complexity index is 510. The third kappa shape index (κ3) is 6.32. The highest BCUT2D eigenvalue weighted by Crippen LogP contribution is 2.22. The lowest BCUT2D eigenvalue weighted by Crippen LogP contribution is -2.44. The molecule has 0 aliphatic carbocycles. The van der Waals surface area contributed by atoms with E-state index in [4.69, 9.17) is 0 Å². The summed E-state index contributed by atoms with van der Waals surface area (Å²) in [4.78, 5) is 3.87. The Morgan fingerprint density at radius 1 is 1.18 bits per heavy atom. The minimum atomic E-state index is -4.20. The maximum absolute atomic E-state index is 13.3. The molecule has 0 bridgehead atoms. The van der Waals surface area contributed by atoms with Gasteiger partial charge in [-0.1, -0.05) is 26.0 Å². The molecule has 0 saturated carbocycles. The zero-order valence-electron chi connectivity index (χ0n) is 12.9. The Kier molecular flexibility index (Phi) is 6.20. The van der Waals surface area contributed by atoms with E-state index < -0.39 is 18.0 Å². The van der Waals surface area contributed by atoms with Gasteiger partial charge in [0.25, 0.3) is 0 Å². The van der Waals surface area contributed by atoms with Gasteiger partial charge in [-0.25, -0.2) is 4.39 Å². The maximum Gasteiger partial charge on any atom is 0.390 e. The van der Waals surface area contributed by atoms with Crippen LogP contribution in [0.15, 0.2) is 29.3 Å². The van der Waals surface area contributed by atoms with Crippen LogP contribution in [0.25, 0.3) is 0 Å². The smallest absolute Gasteiger partial charge is 0.356 e. The van der Waals surface area contributed by atoms with Crippen LogP contribution in [-0.2, 0) is 5.41 Å². The average Bonchev–Trinajstić information content (AvgIpc) is 2.41. The van der Waals surface area contributed by atoms with Crippen LogP contribution < -0.4 is 10.6 Å². The van der Waals surface area contributed by atoms with Gasteiger partial charge in [-0.15, -0.1) is 0 Å². The van der Waals surface area contributed by atoms with Crippen molar-refractivity contribution in [2.75, 3.05) is 20.1 Å². The second-order valence-corrected chi connectivity index (χ2v) is 5.61. The summed E-state index contributed by atoms with van der Waals surface area (Å²) in [5.41, 5.74) is 0.398. The molecule has 124 valence electrons. The number of hydrogen-bond acceptors (Lipinski definition) is 1. The number of rotatable bonds is 5. The van der Waals surface area contributed by atoms with Gasteiger partial charge in [0.15, 0.2) is 5.96 Å². The predicted octanol–water partition coefficient (Wildman–Crippen LogP) is 3.22. The summed E-state index contributed by atoms with van der Waals surface area (Å²) in [6.07, 6.45) is -5.13. The molecular weight excluding hydrogens is 298 g/mol. The molecule has 1 aromatic carbocycles. The lowest BCUT2D eigenvalue weighted by molar-refractivity contribution is -0.132. The first-order valence-electron chi connectivity index (χ1n) is 6.91. The summed E-state index contributed by atoms with van der Waals surface area (Å²) in [5.74, 6) is -0.0352. The first kappa shape index (κ1) is 18.3. The first-order chi connectivity index (χ1) is 10.1. The van der Waals surface area contributed by atoms with Crippen molar-refractivity contribution in [2.24, 2.45) is 4.99 Å². The van der Waals surface area contributed by atoms with Crippen molar-refractivity contribution in [2.45, 2.75) is 31.9 Å². The summed E-state index contributed by atoms with van der Waals surface area (Å²) >= 11 is 0. The van der Waals surface area contributed by atoms with E-state index in [1.54, 1.807) is 6.07 Å². The van der Waals surface area contributed by atoms with Crippen LogP contribution in [-0.4, -0.2) is 32.3 Å². The fourth-order valence-electron chi connectivity index (χ4n) is 1.86. The summed E-state index contributed by atoms with van der Waals surface area (Å²) in [6, 6.07) is 6.25. The van der Waals surface area contributed by atoms with E-state index in [1.807, 2.05) is 19.9 Å². The minimum Gasteiger partial charge on any atom is -0.356 e. The van der Waals surface area contributed by atoms with Crippen molar-refractivity contribution in [3.63, 3.8) is 0 Å². The number of halogens is 4. The average molecular weight is 319 g/mol. The van der Waals surface area contributed by atoms with Gasteiger partial charge in [-0.3, -0.25) is 4.99 Å². The van der Waals surface area contributed by atoms with E-state index in [0.717, 1.165) is 5.56 Å². The lowest BCUT2D eigenvalue weighted by atomic mass is 9.84. The molecule has 0 heterocycles. The van der Waals surface area contributed by atoms with Crippen molar-refractivity contribution in [1.29, 1.82) is 0 Å². The van der Waals surface area contributed by atoms with E-state index in [0.29, 0.717) is 6.54 Å². The van der Waals surface area contributed by atoms with E-state index in [-0.39, 0.29) is 18.3 Å². The van der Waals surface area contributed by atoms with E-state index in [9.17, 15) is 17.6 Å². The van der Waals surface area contributed by atoms with Gasteiger partial charge in [-0.05, 0) is 17.7 Å². The molecule has 0 unspecified atom stereocenters. The molecule has 0 fully saturated rings. The Balaban J connectivity index is 2.55. The molecule has 3 nitrogen and oxygen atoms in total. The van der Waals surface area contributed by atoms with E-state index in [2.05, 4.69) is 15.6 Å². The Morgan fingerprint density at radius 3 is 2.41 bits per heavy atom. The highest BCUT2D eigenvalue weighted by molar-refractivity contribution is 5.79. The van der Waals surface area contributed by atoms with Gasteiger partial charge < -0.3 is 10.6 Å². The van der Waals surface area contributed by atoms with Crippen LogP contribution in [0.1, 0.15) is 25.8 Å². The fourth-order valence-corrected chi connectivity index (χ4v) is 1.86. The highest BCUT2D eigenvalue weighted by Gasteiger charge is 2.26. The molecular formula is C15H21F4N3. The number of guanidine groups is 1. The zero-order valence-corrected chi connectivity index (χ0v) is 12.9. The third-order valence-corrected chi connectivity index (χ3v) is 3.23. The molecule has 0 aliphatic rings. The van der Waals surface area contributed by atoms with Crippen LogP contribution in [0.4, 0.5) is 17.6 Å². The monoisotopic (exact) mass is 319 g/mol. The molecule has 0 aromatic heterocycles. The minimum absolute atomic E-state index is 0.246. The Hall–Kier alpha value is -1.79. The molecule has 0 atom stereocenters. The summed E-state index contributed by atoms with van der Waals surface area (Å²) < 4.78 is 49.6. The summed E-state index contributed by atoms with van der Waals surface area (Å²) in [5, 5.41) is 5.57. The SMILES string of the molecule is CN=C(NCCC(F)(F)F)NCC(C)(C)c1cccc(F)c1. The van der Waals surface area contributed by atoms with Crippen molar-refractivity contribution >= 4 is 5.96 Å². The Labute approximate surface area is 127 Å². The Morgan fingerprint density at radius 2 is 1.86 bits per heavy atom. The molecule has 22 heavy (non-hydrogen) atoms. The third-order valence-electron chi connectivity index (χ3n) is 3.23. The van der Waals surface area contributed by atoms with Crippen LogP contribution in [0, 0.1) is 5.82 Å². The van der Waals surface area contributed by atoms with Crippen LogP contribution >= 0.6 is 0 Å². The van der Waals surface area contributed by atoms with Gasteiger partial charge in [0.05, 0.1) is 6.42 Å². The van der Waals surface area contributed by atoms with E-state index >= 15 is 0 Å². The molecule has 2 N–H and O–H groups in total. The normalized spacial score (nSPS) is 13.1. The van der Waals surface area contributed by atoms with Gasteiger partial charge in [0.2, 0.25) is 0 Å². The van der Waals surface area contributed by atoms with Gasteiger partial charge >= 0.3 is 6.18 Å². The van der Waals surface area contributed by atoms with Gasteiger partial charge in [-0.2, -0.15) is 13.2 Å². The quantitative estimate of drug-likeness (QED) is 0.497. The molecule has 7 heteroatoms. The lowest BCUT2D eigenvalue weighted by Gasteiger charge is -2.27. The summed E-state index contributed by atoms with van der Waals surface area (Å²) in [6.45, 7) is 3.99. The number of nitrogens with zero attached hydrogens (tertiary/aromatic N) is 1.